The van der Waals surface area contributed by atoms with Gasteiger partial charge in [-0.3, -0.25) is 4.40 Å². The lowest BCUT2D eigenvalue weighted by Gasteiger charge is -2.12. The quantitative estimate of drug-likeness (QED) is 0.429. The van der Waals surface area contributed by atoms with E-state index in [1.807, 2.05) is 12.1 Å². The Kier molecular flexibility index (Phi) is 5.71. The summed E-state index contributed by atoms with van der Waals surface area (Å²) in [6, 6.07) is 16.8. The van der Waals surface area contributed by atoms with E-state index in [2.05, 4.69) is 4.98 Å². The van der Waals surface area contributed by atoms with Gasteiger partial charge in [0, 0.05) is 6.20 Å². The van der Waals surface area contributed by atoms with Crippen molar-refractivity contribution in [2.75, 3.05) is 6.61 Å². The van der Waals surface area contributed by atoms with E-state index in [1.54, 1.807) is 47.9 Å². The zero-order valence-electron chi connectivity index (χ0n) is 17.0. The van der Waals surface area contributed by atoms with Crippen molar-refractivity contribution in [3.05, 3.63) is 95.3 Å². The number of hydrogen-bond acceptors (Lipinski definition) is 4. The number of rotatable bonds is 5. The lowest BCUT2D eigenvalue weighted by Crippen LogP contribution is -2.07. The van der Waals surface area contributed by atoms with Gasteiger partial charge in [-0.25, -0.2) is 9.78 Å². The number of benzene rings is 2. The molecular weight excluding hydrogens is 421 g/mol. The van der Waals surface area contributed by atoms with Crippen molar-refractivity contribution >= 4 is 11.6 Å². The van der Waals surface area contributed by atoms with Crippen molar-refractivity contribution in [2.24, 2.45) is 0 Å². The van der Waals surface area contributed by atoms with E-state index in [0.717, 1.165) is 17.7 Å². The molecule has 0 spiro atoms. The van der Waals surface area contributed by atoms with Crippen LogP contribution in [0.5, 0.6) is 0 Å². The van der Waals surface area contributed by atoms with Crippen LogP contribution in [-0.4, -0.2) is 27.1 Å². The molecule has 0 aliphatic rings. The number of aliphatic hydroxyl groups is 1. The molecule has 32 heavy (non-hydrogen) atoms. The molecule has 0 bridgehead atoms. The Hall–Kier alpha value is -3.65. The van der Waals surface area contributed by atoms with Crippen molar-refractivity contribution in [3.63, 3.8) is 0 Å². The molecule has 0 amide bonds. The second kappa shape index (κ2) is 8.47. The summed E-state index contributed by atoms with van der Waals surface area (Å²) in [6.45, 7) is 1.99. The van der Waals surface area contributed by atoms with Crippen LogP contribution < -0.4 is 0 Å². The highest BCUT2D eigenvalue weighted by Crippen LogP contribution is 2.32. The molecule has 8 heteroatoms. The third kappa shape index (κ3) is 4.22. The largest absolute Gasteiger partial charge is 0.462 e. The fourth-order valence-corrected chi connectivity index (χ4v) is 3.47. The van der Waals surface area contributed by atoms with Gasteiger partial charge in [-0.2, -0.15) is 13.2 Å². The number of aromatic nitrogens is 2. The summed E-state index contributed by atoms with van der Waals surface area (Å²) < 4.78 is 45.9. The van der Waals surface area contributed by atoms with Gasteiger partial charge in [0.25, 0.3) is 0 Å². The van der Waals surface area contributed by atoms with Crippen LogP contribution in [0.15, 0.2) is 72.9 Å². The molecule has 4 aromatic rings. The average molecular weight is 440 g/mol. The number of carbonyl (C=O) groups excluding carboxylic acids is 1. The minimum Gasteiger partial charge on any atom is -0.462 e. The van der Waals surface area contributed by atoms with Crippen molar-refractivity contribution in [1.29, 1.82) is 0 Å². The second-order valence-electron chi connectivity index (χ2n) is 7.13. The number of esters is 1. The van der Waals surface area contributed by atoms with Gasteiger partial charge in [-0.15, -0.1) is 0 Å². The van der Waals surface area contributed by atoms with E-state index in [9.17, 15) is 23.1 Å². The molecule has 1 N–H and O–H groups in total. The van der Waals surface area contributed by atoms with Crippen molar-refractivity contribution < 1.29 is 27.8 Å². The van der Waals surface area contributed by atoms with Gasteiger partial charge in [0.05, 0.1) is 29.1 Å². The molecule has 0 radical (unpaired) electrons. The van der Waals surface area contributed by atoms with Crippen molar-refractivity contribution in [3.8, 4) is 11.3 Å². The average Bonchev–Trinajstić information content (AvgIpc) is 3.23. The van der Waals surface area contributed by atoms with Gasteiger partial charge >= 0.3 is 12.1 Å². The highest BCUT2D eigenvalue weighted by molar-refractivity contribution is 5.91. The van der Waals surface area contributed by atoms with Crippen LogP contribution in [0.2, 0.25) is 0 Å². The van der Waals surface area contributed by atoms with Crippen LogP contribution in [0.25, 0.3) is 16.9 Å². The summed E-state index contributed by atoms with van der Waals surface area (Å²) in [5, 5.41) is 10.7. The fourth-order valence-electron chi connectivity index (χ4n) is 3.47. The number of alkyl halides is 3. The Balaban J connectivity index is 1.74. The van der Waals surface area contributed by atoms with Crippen molar-refractivity contribution in [1.82, 2.24) is 9.38 Å². The number of pyridine rings is 1. The van der Waals surface area contributed by atoms with Crippen LogP contribution in [0, 0.1) is 0 Å². The smallest absolute Gasteiger partial charge is 0.416 e. The Morgan fingerprint density at radius 3 is 2.59 bits per heavy atom. The molecule has 2 aromatic carbocycles. The first-order valence-electron chi connectivity index (χ1n) is 9.88. The van der Waals surface area contributed by atoms with E-state index in [4.69, 9.17) is 4.74 Å². The maximum absolute atomic E-state index is 13.0. The third-order valence-electron chi connectivity index (χ3n) is 4.99. The summed E-state index contributed by atoms with van der Waals surface area (Å²) in [5.41, 5.74) is 1.78. The number of halogens is 3. The van der Waals surface area contributed by atoms with Gasteiger partial charge < -0.3 is 9.84 Å². The molecule has 5 nitrogen and oxygen atoms in total. The van der Waals surface area contributed by atoms with Crippen LogP contribution >= 0.6 is 0 Å². The van der Waals surface area contributed by atoms with E-state index in [-0.39, 0.29) is 17.9 Å². The molecule has 0 aliphatic carbocycles. The molecule has 0 fully saturated rings. The van der Waals surface area contributed by atoms with Gasteiger partial charge in [-0.1, -0.05) is 30.3 Å². The number of imidazole rings is 1. The molecular formula is C24H19F3N2O3. The standard InChI is InChI=1S/C24H19F3N2O3/c1-2-32-23(31)17-8-3-6-15(12-17)20-10-5-11-21-28-19(14-29(20)21)22(30)16-7-4-9-18(13-16)24(25,26)27/h3-14,22,30H,2H2,1H3. The lowest BCUT2D eigenvalue weighted by molar-refractivity contribution is -0.137. The van der Waals surface area contributed by atoms with Crippen LogP contribution in [0.4, 0.5) is 13.2 Å². The zero-order valence-corrected chi connectivity index (χ0v) is 17.0. The van der Waals surface area contributed by atoms with Gasteiger partial charge in [0.2, 0.25) is 0 Å². The van der Waals surface area contributed by atoms with Crippen LogP contribution in [-0.2, 0) is 10.9 Å². The SMILES string of the molecule is CCOC(=O)c1cccc(-c2cccc3nc(C(O)c4cccc(C(F)(F)F)c4)cn23)c1. The highest BCUT2D eigenvalue weighted by Gasteiger charge is 2.31. The molecule has 1 unspecified atom stereocenters. The molecule has 0 saturated carbocycles. The number of carbonyl (C=O) groups is 1. The maximum atomic E-state index is 13.0. The monoisotopic (exact) mass is 440 g/mol. The number of ether oxygens (including phenoxy) is 1. The summed E-state index contributed by atoms with van der Waals surface area (Å²) >= 11 is 0. The van der Waals surface area contributed by atoms with Gasteiger partial charge in [0.15, 0.2) is 0 Å². The van der Waals surface area contributed by atoms with Crippen LogP contribution in [0.3, 0.4) is 0 Å². The Morgan fingerprint density at radius 2 is 1.84 bits per heavy atom. The Bertz CT molecular complexity index is 1280. The molecule has 2 aromatic heterocycles. The van der Waals surface area contributed by atoms with E-state index in [0.29, 0.717) is 16.9 Å². The number of hydrogen-bond donors (Lipinski definition) is 1. The van der Waals surface area contributed by atoms with Crippen molar-refractivity contribution in [2.45, 2.75) is 19.2 Å². The zero-order chi connectivity index (χ0) is 22.9. The lowest BCUT2D eigenvalue weighted by atomic mass is 10.0. The topological polar surface area (TPSA) is 63.8 Å². The van der Waals surface area contributed by atoms with Gasteiger partial charge in [0.1, 0.15) is 11.8 Å². The molecule has 0 aliphatic heterocycles. The first-order valence-corrected chi connectivity index (χ1v) is 9.88. The normalized spacial score (nSPS) is 12.7. The number of fused-ring (bicyclic) bond motifs is 1. The molecule has 2 heterocycles. The van der Waals surface area contributed by atoms with E-state index in [1.165, 1.54) is 12.1 Å². The molecule has 1 atom stereocenters. The second-order valence-corrected chi connectivity index (χ2v) is 7.13. The predicted octanol–water partition coefficient (Wildman–Crippen LogP) is 5.28. The summed E-state index contributed by atoms with van der Waals surface area (Å²) in [5.74, 6) is -0.437. The summed E-state index contributed by atoms with van der Waals surface area (Å²) in [4.78, 5) is 16.5. The Labute approximate surface area is 181 Å². The minimum absolute atomic E-state index is 0.0917. The number of aliphatic hydroxyl groups excluding tert-OH is 1. The molecule has 164 valence electrons. The minimum atomic E-state index is -4.51. The maximum Gasteiger partial charge on any atom is 0.416 e. The van der Waals surface area contributed by atoms with E-state index < -0.39 is 23.8 Å². The first kappa shape index (κ1) is 21.6. The Morgan fingerprint density at radius 1 is 1.09 bits per heavy atom. The highest BCUT2D eigenvalue weighted by atomic mass is 19.4. The van der Waals surface area contributed by atoms with E-state index >= 15 is 0 Å². The fraction of sp³-hybridized carbons (Fsp3) is 0.167. The predicted molar refractivity (Wildman–Crippen MR) is 112 cm³/mol. The first-order chi connectivity index (χ1) is 15.3. The third-order valence-corrected chi connectivity index (χ3v) is 4.99. The molecule has 0 saturated heterocycles. The summed E-state index contributed by atoms with van der Waals surface area (Å²) in [6.07, 6.45) is -4.27. The number of nitrogens with zero attached hydrogens (tertiary/aromatic N) is 2. The molecule has 4 rings (SSSR count). The summed E-state index contributed by atoms with van der Waals surface area (Å²) in [7, 11) is 0. The van der Waals surface area contributed by atoms with Crippen LogP contribution in [0.1, 0.15) is 40.2 Å². The van der Waals surface area contributed by atoms with Gasteiger partial charge in [-0.05, 0) is 54.4 Å².